The topological polar surface area (TPSA) is 47.6 Å². The van der Waals surface area contributed by atoms with E-state index in [1.54, 1.807) is 7.11 Å². The molecule has 1 aliphatic rings. The number of hydrogen-bond acceptors (Lipinski definition) is 3. The van der Waals surface area contributed by atoms with Crippen LogP contribution in [0.15, 0.2) is 53.0 Å². The van der Waals surface area contributed by atoms with E-state index in [1.807, 2.05) is 37.3 Å². The number of nitrogens with one attached hydrogen (secondary N) is 1. The molecular formula is C22H20BrNO3. The van der Waals surface area contributed by atoms with Crippen LogP contribution in [0.2, 0.25) is 0 Å². The summed E-state index contributed by atoms with van der Waals surface area (Å²) in [5, 5.41) is 5.24. The smallest absolute Gasteiger partial charge is 0.225 e. The second-order valence-electron chi connectivity index (χ2n) is 6.51. The van der Waals surface area contributed by atoms with Gasteiger partial charge in [0.15, 0.2) is 11.5 Å². The van der Waals surface area contributed by atoms with Crippen LogP contribution in [0.3, 0.4) is 0 Å². The van der Waals surface area contributed by atoms with E-state index < -0.39 is 0 Å². The van der Waals surface area contributed by atoms with Crippen LogP contribution in [0.25, 0.3) is 10.8 Å². The second-order valence-corrected chi connectivity index (χ2v) is 7.37. The summed E-state index contributed by atoms with van der Waals surface area (Å²) in [6, 6.07) is 16.2. The molecule has 1 heterocycles. The summed E-state index contributed by atoms with van der Waals surface area (Å²) in [5.41, 5.74) is 3.03. The predicted octanol–water partition coefficient (Wildman–Crippen LogP) is 5.48. The fourth-order valence-electron chi connectivity index (χ4n) is 3.73. The SMILES string of the molecule is CCOc1cc(C2CC(=O)Nc3c2ccc2ccccc32)c(Br)cc1OC. The molecule has 27 heavy (non-hydrogen) atoms. The zero-order chi connectivity index (χ0) is 19.0. The number of benzene rings is 3. The van der Waals surface area contributed by atoms with Gasteiger partial charge in [0.25, 0.3) is 0 Å². The van der Waals surface area contributed by atoms with E-state index in [2.05, 4.69) is 39.4 Å². The Morgan fingerprint density at radius 1 is 1.11 bits per heavy atom. The lowest BCUT2D eigenvalue weighted by molar-refractivity contribution is -0.116. The summed E-state index contributed by atoms with van der Waals surface area (Å²) in [6.45, 7) is 2.49. The lowest BCUT2D eigenvalue weighted by atomic mass is 9.83. The first-order valence-electron chi connectivity index (χ1n) is 8.94. The second kappa shape index (κ2) is 7.24. The number of methoxy groups -OCH3 is 1. The van der Waals surface area contributed by atoms with Gasteiger partial charge in [-0.15, -0.1) is 0 Å². The number of rotatable bonds is 4. The highest BCUT2D eigenvalue weighted by atomic mass is 79.9. The molecule has 5 heteroatoms. The highest BCUT2D eigenvalue weighted by molar-refractivity contribution is 9.10. The van der Waals surface area contributed by atoms with Gasteiger partial charge in [0.05, 0.1) is 19.4 Å². The molecule has 0 saturated carbocycles. The number of carbonyl (C=O) groups is 1. The number of amides is 1. The highest BCUT2D eigenvalue weighted by Crippen LogP contribution is 2.45. The maximum absolute atomic E-state index is 12.5. The van der Waals surface area contributed by atoms with Crippen molar-refractivity contribution in [2.24, 2.45) is 0 Å². The number of hydrogen-bond donors (Lipinski definition) is 1. The number of anilines is 1. The molecule has 0 aromatic heterocycles. The lowest BCUT2D eigenvalue weighted by Gasteiger charge is -2.28. The van der Waals surface area contributed by atoms with Gasteiger partial charge in [0.1, 0.15) is 0 Å². The summed E-state index contributed by atoms with van der Waals surface area (Å²) >= 11 is 3.66. The average molecular weight is 426 g/mol. The van der Waals surface area contributed by atoms with Crippen LogP contribution in [0.5, 0.6) is 11.5 Å². The average Bonchev–Trinajstić information content (AvgIpc) is 2.68. The minimum Gasteiger partial charge on any atom is -0.493 e. The third-order valence-electron chi connectivity index (χ3n) is 4.95. The minimum absolute atomic E-state index is 0.0181. The van der Waals surface area contributed by atoms with Gasteiger partial charge in [0, 0.05) is 22.2 Å². The number of halogens is 1. The molecule has 1 unspecified atom stereocenters. The Morgan fingerprint density at radius 3 is 2.70 bits per heavy atom. The number of carbonyl (C=O) groups excluding carboxylic acids is 1. The molecule has 0 bridgehead atoms. The van der Waals surface area contributed by atoms with Crippen LogP contribution in [0.4, 0.5) is 5.69 Å². The molecule has 4 rings (SSSR count). The zero-order valence-electron chi connectivity index (χ0n) is 15.2. The minimum atomic E-state index is -0.0576. The molecule has 0 aliphatic carbocycles. The Bertz CT molecular complexity index is 1030. The molecule has 0 fully saturated rings. The summed E-state index contributed by atoms with van der Waals surface area (Å²) in [6.07, 6.45) is 0.391. The Morgan fingerprint density at radius 2 is 1.93 bits per heavy atom. The Kier molecular flexibility index (Phi) is 4.79. The molecule has 1 atom stereocenters. The van der Waals surface area contributed by atoms with E-state index in [0.717, 1.165) is 32.1 Å². The molecule has 3 aromatic carbocycles. The molecule has 0 saturated heterocycles. The molecule has 0 radical (unpaired) electrons. The number of ether oxygens (including phenoxy) is 2. The van der Waals surface area contributed by atoms with Gasteiger partial charge >= 0.3 is 0 Å². The van der Waals surface area contributed by atoms with Crippen LogP contribution in [0, 0.1) is 0 Å². The maximum Gasteiger partial charge on any atom is 0.225 e. The fourth-order valence-corrected chi connectivity index (χ4v) is 4.33. The van der Waals surface area contributed by atoms with Gasteiger partial charge in [-0.3, -0.25) is 4.79 Å². The van der Waals surface area contributed by atoms with E-state index in [0.29, 0.717) is 24.5 Å². The van der Waals surface area contributed by atoms with Crippen molar-refractivity contribution < 1.29 is 14.3 Å². The van der Waals surface area contributed by atoms with Crippen LogP contribution in [-0.4, -0.2) is 19.6 Å². The third kappa shape index (κ3) is 3.16. The Hall–Kier alpha value is -2.53. The zero-order valence-corrected chi connectivity index (χ0v) is 16.8. The Balaban J connectivity index is 1.90. The molecule has 3 aromatic rings. The quantitative estimate of drug-likeness (QED) is 0.601. The molecule has 138 valence electrons. The van der Waals surface area contributed by atoms with Crippen LogP contribution < -0.4 is 14.8 Å². The van der Waals surface area contributed by atoms with E-state index in [4.69, 9.17) is 9.47 Å². The first kappa shape index (κ1) is 17.9. The summed E-state index contributed by atoms with van der Waals surface area (Å²) in [5.74, 6) is 1.32. The van der Waals surface area contributed by atoms with Crippen molar-refractivity contribution in [2.45, 2.75) is 19.3 Å². The van der Waals surface area contributed by atoms with E-state index >= 15 is 0 Å². The van der Waals surface area contributed by atoms with Crippen LogP contribution >= 0.6 is 15.9 Å². The summed E-state index contributed by atoms with van der Waals surface area (Å²) in [4.78, 5) is 12.5. The van der Waals surface area contributed by atoms with Crippen molar-refractivity contribution in [1.82, 2.24) is 0 Å². The lowest BCUT2D eigenvalue weighted by Crippen LogP contribution is -2.24. The van der Waals surface area contributed by atoms with Crippen molar-refractivity contribution in [3.63, 3.8) is 0 Å². The maximum atomic E-state index is 12.5. The van der Waals surface area contributed by atoms with Crippen molar-refractivity contribution in [2.75, 3.05) is 19.0 Å². The van der Waals surface area contributed by atoms with Crippen molar-refractivity contribution >= 4 is 38.3 Å². The predicted molar refractivity (Wildman–Crippen MR) is 111 cm³/mol. The molecule has 1 amide bonds. The molecule has 0 spiro atoms. The van der Waals surface area contributed by atoms with Gasteiger partial charge < -0.3 is 14.8 Å². The third-order valence-corrected chi connectivity index (χ3v) is 5.64. The van der Waals surface area contributed by atoms with Crippen LogP contribution in [-0.2, 0) is 4.79 Å². The number of fused-ring (bicyclic) bond motifs is 3. The monoisotopic (exact) mass is 425 g/mol. The first-order chi connectivity index (χ1) is 13.1. The molecular weight excluding hydrogens is 406 g/mol. The van der Waals surface area contributed by atoms with Crippen molar-refractivity contribution in [3.05, 3.63) is 64.1 Å². The molecule has 1 N–H and O–H groups in total. The van der Waals surface area contributed by atoms with Gasteiger partial charge in [-0.25, -0.2) is 0 Å². The van der Waals surface area contributed by atoms with E-state index in [-0.39, 0.29) is 11.8 Å². The highest BCUT2D eigenvalue weighted by Gasteiger charge is 2.30. The van der Waals surface area contributed by atoms with Gasteiger partial charge in [-0.1, -0.05) is 52.3 Å². The fraction of sp³-hybridized carbons (Fsp3) is 0.227. The molecule has 4 nitrogen and oxygen atoms in total. The van der Waals surface area contributed by atoms with Gasteiger partial charge in [-0.2, -0.15) is 0 Å². The summed E-state index contributed by atoms with van der Waals surface area (Å²) < 4.78 is 12.1. The van der Waals surface area contributed by atoms with E-state index in [9.17, 15) is 4.79 Å². The molecule has 1 aliphatic heterocycles. The largest absolute Gasteiger partial charge is 0.493 e. The normalized spacial score (nSPS) is 16.0. The van der Waals surface area contributed by atoms with E-state index in [1.165, 1.54) is 0 Å². The summed E-state index contributed by atoms with van der Waals surface area (Å²) in [7, 11) is 1.62. The van der Waals surface area contributed by atoms with Gasteiger partial charge in [0.2, 0.25) is 5.91 Å². The standard InChI is InChI=1S/C22H20BrNO3/c1-3-27-20-10-17(18(23)12-19(20)26-2)16-11-21(25)24-22-14-7-5-4-6-13(14)8-9-15(16)22/h4-10,12,16H,3,11H2,1-2H3,(H,24,25). The van der Waals surface area contributed by atoms with Crippen molar-refractivity contribution in [1.29, 1.82) is 0 Å². The first-order valence-corrected chi connectivity index (χ1v) is 9.73. The Labute approximate surface area is 166 Å². The van der Waals surface area contributed by atoms with Crippen LogP contribution in [0.1, 0.15) is 30.4 Å². The van der Waals surface area contributed by atoms with Crippen molar-refractivity contribution in [3.8, 4) is 11.5 Å². The van der Waals surface area contributed by atoms with Gasteiger partial charge in [-0.05, 0) is 35.6 Å².